The van der Waals surface area contributed by atoms with Crippen molar-refractivity contribution in [2.24, 2.45) is 0 Å². The smallest absolute Gasteiger partial charge is 0.270 e. The highest BCUT2D eigenvalue weighted by molar-refractivity contribution is 14.1. The van der Waals surface area contributed by atoms with Crippen LogP contribution in [0.5, 0.6) is 0 Å². The summed E-state index contributed by atoms with van der Waals surface area (Å²) < 4.78 is 0.978. The van der Waals surface area contributed by atoms with Gasteiger partial charge in [-0.05, 0) is 67.3 Å². The molecule has 21 heavy (non-hydrogen) atoms. The SMILES string of the molecule is O=[N+]([O-])c1ccc(N2CCCCC2C2CCCN2)c(I)c1. The molecule has 114 valence electrons. The third-order valence-electron chi connectivity index (χ3n) is 4.56. The van der Waals surface area contributed by atoms with Gasteiger partial charge in [-0.2, -0.15) is 0 Å². The first-order chi connectivity index (χ1) is 10.2. The van der Waals surface area contributed by atoms with Gasteiger partial charge in [0.15, 0.2) is 0 Å². The van der Waals surface area contributed by atoms with Crippen molar-refractivity contribution < 1.29 is 4.92 Å². The van der Waals surface area contributed by atoms with Gasteiger partial charge in [0, 0.05) is 34.3 Å². The van der Waals surface area contributed by atoms with E-state index in [-0.39, 0.29) is 10.6 Å². The summed E-state index contributed by atoms with van der Waals surface area (Å²) in [5.74, 6) is 0. The highest BCUT2D eigenvalue weighted by Gasteiger charge is 2.32. The van der Waals surface area contributed by atoms with Crippen LogP contribution in [0.2, 0.25) is 0 Å². The first-order valence-corrected chi connectivity index (χ1v) is 8.68. The number of nitrogens with one attached hydrogen (secondary N) is 1. The lowest BCUT2D eigenvalue weighted by atomic mass is 9.94. The van der Waals surface area contributed by atoms with Gasteiger partial charge in [-0.15, -0.1) is 0 Å². The summed E-state index contributed by atoms with van der Waals surface area (Å²) in [6.07, 6.45) is 6.20. The van der Waals surface area contributed by atoms with Crippen LogP contribution in [0.3, 0.4) is 0 Å². The minimum Gasteiger partial charge on any atom is -0.366 e. The van der Waals surface area contributed by atoms with E-state index >= 15 is 0 Å². The lowest BCUT2D eigenvalue weighted by Gasteiger charge is -2.41. The number of hydrogen-bond donors (Lipinski definition) is 1. The molecule has 1 N–H and O–H groups in total. The Balaban J connectivity index is 1.87. The number of nitro groups is 1. The van der Waals surface area contributed by atoms with E-state index in [2.05, 4.69) is 32.8 Å². The predicted octanol–water partition coefficient (Wildman–Crippen LogP) is 3.31. The van der Waals surface area contributed by atoms with E-state index in [9.17, 15) is 10.1 Å². The Bertz CT molecular complexity index is 532. The van der Waals surface area contributed by atoms with Gasteiger partial charge >= 0.3 is 0 Å². The van der Waals surface area contributed by atoms with Crippen LogP contribution in [-0.2, 0) is 0 Å². The van der Waals surface area contributed by atoms with E-state index in [1.165, 1.54) is 32.1 Å². The van der Waals surface area contributed by atoms with Crippen LogP contribution < -0.4 is 10.2 Å². The summed E-state index contributed by atoms with van der Waals surface area (Å²) in [5, 5.41) is 14.5. The molecule has 2 saturated heterocycles. The van der Waals surface area contributed by atoms with Crippen LogP contribution in [0.4, 0.5) is 11.4 Å². The molecule has 1 aromatic rings. The summed E-state index contributed by atoms with van der Waals surface area (Å²) in [6, 6.07) is 6.33. The van der Waals surface area contributed by atoms with Gasteiger partial charge in [-0.1, -0.05) is 0 Å². The Labute approximate surface area is 138 Å². The predicted molar refractivity (Wildman–Crippen MR) is 91.8 cm³/mol. The van der Waals surface area contributed by atoms with Gasteiger partial charge in [0.1, 0.15) is 0 Å². The molecule has 2 aliphatic heterocycles. The molecule has 2 atom stereocenters. The summed E-state index contributed by atoms with van der Waals surface area (Å²) >= 11 is 2.23. The Morgan fingerprint density at radius 1 is 1.29 bits per heavy atom. The molecule has 2 aliphatic rings. The van der Waals surface area contributed by atoms with Gasteiger partial charge in [0.2, 0.25) is 0 Å². The third-order valence-corrected chi connectivity index (χ3v) is 5.43. The molecule has 0 radical (unpaired) electrons. The molecule has 2 fully saturated rings. The van der Waals surface area contributed by atoms with Crippen molar-refractivity contribution in [3.05, 3.63) is 31.9 Å². The molecular weight excluding hydrogens is 381 g/mol. The van der Waals surface area contributed by atoms with E-state index in [0.29, 0.717) is 12.1 Å². The van der Waals surface area contributed by atoms with Crippen molar-refractivity contribution in [3.8, 4) is 0 Å². The maximum atomic E-state index is 10.9. The molecular formula is C15H20IN3O2. The number of nitrogens with zero attached hydrogens (tertiary/aromatic N) is 2. The minimum absolute atomic E-state index is 0.177. The minimum atomic E-state index is -0.321. The lowest BCUT2D eigenvalue weighted by molar-refractivity contribution is -0.384. The van der Waals surface area contributed by atoms with Gasteiger partial charge in [-0.25, -0.2) is 0 Å². The van der Waals surface area contributed by atoms with Gasteiger partial charge < -0.3 is 10.2 Å². The zero-order chi connectivity index (χ0) is 14.8. The second-order valence-electron chi connectivity index (χ2n) is 5.85. The molecule has 0 aromatic heterocycles. The average Bonchev–Trinajstić information content (AvgIpc) is 3.01. The zero-order valence-corrected chi connectivity index (χ0v) is 14.1. The normalized spacial score (nSPS) is 26.0. The van der Waals surface area contributed by atoms with Crippen molar-refractivity contribution in [1.82, 2.24) is 5.32 Å². The standard InChI is InChI=1S/C15H20IN3O2/c16-12-10-11(19(20)21)6-7-14(12)18-9-2-1-5-15(18)13-4-3-8-17-13/h6-7,10,13,15,17H,1-5,8-9H2. The number of non-ortho nitro benzene ring substituents is 1. The number of benzene rings is 1. The fourth-order valence-electron chi connectivity index (χ4n) is 3.56. The summed E-state index contributed by atoms with van der Waals surface area (Å²) in [7, 11) is 0. The fourth-order valence-corrected chi connectivity index (χ4v) is 4.37. The van der Waals surface area contributed by atoms with Crippen LogP contribution in [0.1, 0.15) is 32.1 Å². The van der Waals surface area contributed by atoms with Crippen LogP contribution in [-0.4, -0.2) is 30.1 Å². The second kappa shape index (κ2) is 6.48. The Kier molecular flexibility index (Phi) is 4.63. The van der Waals surface area contributed by atoms with E-state index in [4.69, 9.17) is 0 Å². The van der Waals surface area contributed by atoms with Crippen molar-refractivity contribution in [2.75, 3.05) is 18.0 Å². The number of anilines is 1. The summed E-state index contributed by atoms with van der Waals surface area (Å²) in [4.78, 5) is 13.0. The van der Waals surface area contributed by atoms with Gasteiger partial charge in [-0.3, -0.25) is 10.1 Å². The number of nitro benzene ring substituents is 1. The molecule has 2 heterocycles. The summed E-state index contributed by atoms with van der Waals surface area (Å²) in [6.45, 7) is 2.17. The van der Waals surface area contributed by atoms with Crippen LogP contribution >= 0.6 is 22.6 Å². The van der Waals surface area contributed by atoms with Crippen LogP contribution in [0, 0.1) is 13.7 Å². The number of hydrogen-bond acceptors (Lipinski definition) is 4. The maximum Gasteiger partial charge on any atom is 0.270 e. The Morgan fingerprint density at radius 2 is 2.14 bits per heavy atom. The summed E-state index contributed by atoms with van der Waals surface area (Å²) in [5.41, 5.74) is 1.33. The average molecular weight is 401 g/mol. The molecule has 0 amide bonds. The molecule has 3 rings (SSSR count). The number of rotatable bonds is 3. The van der Waals surface area contributed by atoms with E-state index in [1.54, 1.807) is 12.1 Å². The van der Waals surface area contributed by atoms with Crippen LogP contribution in [0.15, 0.2) is 18.2 Å². The first-order valence-electron chi connectivity index (χ1n) is 7.61. The molecule has 1 aromatic carbocycles. The molecule has 5 nitrogen and oxygen atoms in total. The van der Waals surface area contributed by atoms with Crippen molar-refractivity contribution in [1.29, 1.82) is 0 Å². The monoisotopic (exact) mass is 401 g/mol. The molecule has 0 saturated carbocycles. The maximum absolute atomic E-state index is 10.9. The highest BCUT2D eigenvalue weighted by Crippen LogP contribution is 2.33. The van der Waals surface area contributed by atoms with Crippen LogP contribution in [0.25, 0.3) is 0 Å². The first kappa shape index (κ1) is 15.0. The number of piperidine rings is 1. The quantitative estimate of drug-likeness (QED) is 0.480. The van der Waals surface area contributed by atoms with E-state index in [0.717, 1.165) is 22.3 Å². The van der Waals surface area contributed by atoms with Crippen molar-refractivity contribution in [2.45, 2.75) is 44.2 Å². The third kappa shape index (κ3) is 3.15. The number of halogens is 1. The second-order valence-corrected chi connectivity index (χ2v) is 7.01. The molecule has 0 spiro atoms. The van der Waals surface area contributed by atoms with Crippen molar-refractivity contribution in [3.63, 3.8) is 0 Å². The molecule has 0 aliphatic carbocycles. The molecule has 6 heteroatoms. The van der Waals surface area contributed by atoms with Gasteiger partial charge in [0.25, 0.3) is 5.69 Å². The molecule has 2 unspecified atom stereocenters. The topological polar surface area (TPSA) is 58.4 Å². The van der Waals surface area contributed by atoms with Crippen molar-refractivity contribution >= 4 is 34.0 Å². The van der Waals surface area contributed by atoms with Gasteiger partial charge in [0.05, 0.1) is 10.6 Å². The fraction of sp³-hybridized carbons (Fsp3) is 0.600. The molecule has 0 bridgehead atoms. The zero-order valence-electron chi connectivity index (χ0n) is 11.9. The lowest BCUT2D eigenvalue weighted by Crippen LogP contribution is -2.50. The highest BCUT2D eigenvalue weighted by atomic mass is 127. The van der Waals surface area contributed by atoms with E-state index < -0.39 is 0 Å². The largest absolute Gasteiger partial charge is 0.366 e. The van der Waals surface area contributed by atoms with E-state index in [1.807, 2.05) is 6.07 Å². The Hall–Kier alpha value is -0.890. The Morgan fingerprint density at radius 3 is 2.81 bits per heavy atom.